The molecule has 3 aliphatic heterocycles. The van der Waals surface area contributed by atoms with Crippen molar-refractivity contribution >= 4 is 17.8 Å². The van der Waals surface area contributed by atoms with Gasteiger partial charge < -0.3 is 24.4 Å². The molecule has 2 bridgehead atoms. The standard InChI is InChI=1S/C26H40N2O6/c1-8-11-17(5)27(12-9-2)23(31)21-26-14-16(4)25(7,34-26)20(24(32)33-13-10-3)19(26)22(30)28(21)18(6)15-29/h9-10,16-21,29H,2-3,8,11-15H2,1,4-7H3/t16?,17?,18-,19+,20-,21?,25+,26?/m1/s1. The van der Waals surface area contributed by atoms with Crippen LogP contribution in [0.1, 0.15) is 53.9 Å². The SMILES string of the molecule is C=CCOC(=O)[C@H]1[C@H]2C(=O)N([C@H](C)CO)C(C(=O)N(CC=C)C(C)CCC)C23CC(C)[C@]1(C)O3. The summed E-state index contributed by atoms with van der Waals surface area (Å²) in [4.78, 5) is 44.5. The third-order valence-corrected chi connectivity index (χ3v) is 8.17. The van der Waals surface area contributed by atoms with Crippen LogP contribution in [-0.2, 0) is 23.9 Å². The maximum Gasteiger partial charge on any atom is 0.313 e. The quantitative estimate of drug-likeness (QED) is 0.363. The molecule has 0 radical (unpaired) electrons. The highest BCUT2D eigenvalue weighted by Gasteiger charge is 2.80. The highest BCUT2D eigenvalue weighted by molar-refractivity contribution is 5.99. The number of hydrogen-bond acceptors (Lipinski definition) is 6. The minimum absolute atomic E-state index is 0.0362. The van der Waals surface area contributed by atoms with Crippen LogP contribution >= 0.6 is 0 Å². The number of nitrogens with zero attached hydrogens (tertiary/aromatic N) is 2. The molecule has 3 heterocycles. The van der Waals surface area contributed by atoms with Crippen molar-refractivity contribution in [1.29, 1.82) is 0 Å². The lowest BCUT2D eigenvalue weighted by molar-refractivity contribution is -0.163. The molecule has 4 unspecified atom stereocenters. The van der Waals surface area contributed by atoms with E-state index in [2.05, 4.69) is 20.1 Å². The van der Waals surface area contributed by atoms with Gasteiger partial charge in [0.1, 0.15) is 24.2 Å². The molecule has 3 rings (SSSR count). The maximum absolute atomic E-state index is 14.2. The second-order valence-corrected chi connectivity index (χ2v) is 10.3. The number of carbonyl (C=O) groups excluding carboxylic acids is 3. The third-order valence-electron chi connectivity index (χ3n) is 8.17. The highest BCUT2D eigenvalue weighted by atomic mass is 16.6. The van der Waals surface area contributed by atoms with Gasteiger partial charge in [0.25, 0.3) is 0 Å². The Balaban J connectivity index is 2.13. The Bertz CT molecular complexity index is 845. The van der Waals surface area contributed by atoms with Gasteiger partial charge in [-0.25, -0.2) is 0 Å². The fourth-order valence-electron chi connectivity index (χ4n) is 6.46. The van der Waals surface area contributed by atoms with E-state index in [9.17, 15) is 19.5 Å². The Hall–Kier alpha value is -2.19. The number of carbonyl (C=O) groups is 3. The first-order valence-corrected chi connectivity index (χ1v) is 12.4. The largest absolute Gasteiger partial charge is 0.461 e. The minimum Gasteiger partial charge on any atom is -0.461 e. The lowest BCUT2D eigenvalue weighted by atomic mass is 9.62. The van der Waals surface area contributed by atoms with Gasteiger partial charge in [0.15, 0.2) is 0 Å². The number of aliphatic hydroxyl groups is 1. The normalized spacial score (nSPS) is 35.6. The van der Waals surface area contributed by atoms with E-state index in [0.717, 1.165) is 12.8 Å². The van der Waals surface area contributed by atoms with Gasteiger partial charge in [0.2, 0.25) is 11.8 Å². The van der Waals surface area contributed by atoms with Crippen LogP contribution in [0.2, 0.25) is 0 Å². The van der Waals surface area contributed by atoms with Crippen LogP contribution in [0.5, 0.6) is 0 Å². The first kappa shape index (κ1) is 26.4. The number of ether oxygens (including phenoxy) is 2. The average Bonchev–Trinajstić information content (AvgIpc) is 3.31. The van der Waals surface area contributed by atoms with Gasteiger partial charge in [0, 0.05) is 12.6 Å². The van der Waals surface area contributed by atoms with E-state index in [1.54, 1.807) is 17.9 Å². The van der Waals surface area contributed by atoms with E-state index in [1.807, 2.05) is 20.8 Å². The van der Waals surface area contributed by atoms with Gasteiger partial charge in [-0.2, -0.15) is 0 Å². The van der Waals surface area contributed by atoms with Crippen molar-refractivity contribution in [2.45, 2.75) is 83.2 Å². The molecule has 190 valence electrons. The minimum atomic E-state index is -1.16. The fourth-order valence-corrected chi connectivity index (χ4v) is 6.46. The Labute approximate surface area is 202 Å². The van der Waals surface area contributed by atoms with E-state index in [4.69, 9.17) is 9.47 Å². The Morgan fingerprint density at radius 3 is 2.59 bits per heavy atom. The zero-order valence-electron chi connectivity index (χ0n) is 21.2. The van der Waals surface area contributed by atoms with Gasteiger partial charge in [-0.15, -0.1) is 6.58 Å². The first-order chi connectivity index (χ1) is 16.0. The van der Waals surface area contributed by atoms with E-state index >= 15 is 0 Å². The summed E-state index contributed by atoms with van der Waals surface area (Å²) in [7, 11) is 0. The van der Waals surface area contributed by atoms with Gasteiger partial charge in [0.05, 0.1) is 24.2 Å². The zero-order chi connectivity index (χ0) is 25.4. The molecular weight excluding hydrogens is 436 g/mol. The summed E-state index contributed by atoms with van der Waals surface area (Å²) >= 11 is 0. The predicted molar refractivity (Wildman–Crippen MR) is 128 cm³/mol. The van der Waals surface area contributed by atoms with Gasteiger partial charge in [-0.05, 0) is 39.5 Å². The Kier molecular flexibility index (Phi) is 7.63. The molecule has 8 nitrogen and oxygen atoms in total. The monoisotopic (exact) mass is 476 g/mol. The topological polar surface area (TPSA) is 96.4 Å². The molecule has 3 aliphatic rings. The summed E-state index contributed by atoms with van der Waals surface area (Å²) in [5, 5.41) is 9.99. The molecule has 3 saturated heterocycles. The summed E-state index contributed by atoms with van der Waals surface area (Å²) in [5.41, 5.74) is -2.08. The molecule has 0 aromatic carbocycles. The summed E-state index contributed by atoms with van der Waals surface area (Å²) in [6, 6.07) is -1.61. The van der Waals surface area contributed by atoms with Crippen molar-refractivity contribution in [3.05, 3.63) is 25.3 Å². The van der Waals surface area contributed by atoms with E-state index in [0.29, 0.717) is 13.0 Å². The van der Waals surface area contributed by atoms with Crippen molar-refractivity contribution < 1.29 is 29.0 Å². The third kappa shape index (κ3) is 3.79. The lowest BCUT2D eigenvalue weighted by Gasteiger charge is -2.40. The number of hydrogen-bond donors (Lipinski definition) is 1. The van der Waals surface area contributed by atoms with Crippen LogP contribution in [-0.4, -0.2) is 81.8 Å². The summed E-state index contributed by atoms with van der Waals surface area (Å²) in [6.07, 6.45) is 5.35. The van der Waals surface area contributed by atoms with Crippen LogP contribution in [0.25, 0.3) is 0 Å². The van der Waals surface area contributed by atoms with Gasteiger partial charge in [-0.3, -0.25) is 14.4 Å². The molecule has 0 aromatic rings. The molecule has 2 amide bonds. The summed E-state index contributed by atoms with van der Waals surface area (Å²) in [6.45, 7) is 17.1. The van der Waals surface area contributed by atoms with Gasteiger partial charge in [-0.1, -0.05) is 39.0 Å². The van der Waals surface area contributed by atoms with E-state index in [-0.39, 0.29) is 37.0 Å². The molecule has 8 heteroatoms. The van der Waals surface area contributed by atoms with Crippen LogP contribution in [0.4, 0.5) is 0 Å². The second-order valence-electron chi connectivity index (χ2n) is 10.3. The number of aliphatic hydroxyl groups excluding tert-OH is 1. The molecular formula is C26H40N2O6. The molecule has 0 aromatic heterocycles. The number of fused-ring (bicyclic) bond motifs is 1. The van der Waals surface area contributed by atoms with Crippen molar-refractivity contribution in [2.24, 2.45) is 17.8 Å². The van der Waals surface area contributed by atoms with Crippen LogP contribution in [0.3, 0.4) is 0 Å². The Morgan fingerprint density at radius 2 is 2.03 bits per heavy atom. The molecule has 34 heavy (non-hydrogen) atoms. The van der Waals surface area contributed by atoms with Crippen molar-refractivity contribution in [1.82, 2.24) is 9.80 Å². The summed E-state index contributed by atoms with van der Waals surface area (Å²) < 4.78 is 12.1. The highest BCUT2D eigenvalue weighted by Crippen LogP contribution is 2.65. The first-order valence-electron chi connectivity index (χ1n) is 12.4. The zero-order valence-corrected chi connectivity index (χ0v) is 21.2. The smallest absolute Gasteiger partial charge is 0.313 e. The molecule has 1 spiro atoms. The lowest BCUT2D eigenvalue weighted by Crippen LogP contribution is -2.59. The van der Waals surface area contributed by atoms with Crippen molar-refractivity contribution in [2.75, 3.05) is 19.8 Å². The van der Waals surface area contributed by atoms with Crippen LogP contribution < -0.4 is 0 Å². The number of esters is 1. The van der Waals surface area contributed by atoms with E-state index < -0.39 is 41.1 Å². The predicted octanol–water partition coefficient (Wildman–Crippen LogP) is 2.31. The molecule has 0 aliphatic carbocycles. The second kappa shape index (κ2) is 9.82. The Morgan fingerprint density at radius 1 is 1.35 bits per heavy atom. The average molecular weight is 477 g/mol. The van der Waals surface area contributed by atoms with E-state index in [1.165, 1.54) is 11.0 Å². The summed E-state index contributed by atoms with van der Waals surface area (Å²) in [5.74, 6) is -2.83. The molecule has 0 saturated carbocycles. The molecule has 1 N–H and O–H groups in total. The van der Waals surface area contributed by atoms with Gasteiger partial charge >= 0.3 is 5.97 Å². The van der Waals surface area contributed by atoms with Crippen LogP contribution in [0.15, 0.2) is 25.3 Å². The number of rotatable bonds is 11. The number of likely N-dealkylation sites (tertiary alicyclic amines) is 1. The maximum atomic E-state index is 14.2. The fraction of sp³-hybridized carbons (Fsp3) is 0.731. The van der Waals surface area contributed by atoms with Crippen molar-refractivity contribution in [3.63, 3.8) is 0 Å². The molecule has 3 fully saturated rings. The molecule has 8 atom stereocenters. The van der Waals surface area contributed by atoms with Crippen LogP contribution in [0, 0.1) is 17.8 Å². The number of amides is 2. The van der Waals surface area contributed by atoms with Crippen molar-refractivity contribution in [3.8, 4) is 0 Å².